The molecule has 0 saturated carbocycles. The Morgan fingerprint density at radius 3 is 2.58 bits per heavy atom. The van der Waals surface area contributed by atoms with Crippen molar-refractivity contribution < 1.29 is 14.9 Å². The van der Waals surface area contributed by atoms with Gasteiger partial charge in [0.1, 0.15) is 0 Å². The van der Waals surface area contributed by atoms with Gasteiger partial charge in [0.25, 0.3) is 0 Å². The number of aliphatic hydroxyl groups excluding tert-OH is 2. The first-order chi connectivity index (χ1) is 9.15. The second-order valence-corrected chi connectivity index (χ2v) is 4.83. The summed E-state index contributed by atoms with van der Waals surface area (Å²) < 4.78 is 5.54. The summed E-state index contributed by atoms with van der Waals surface area (Å²) in [6, 6.07) is 10.0. The van der Waals surface area contributed by atoms with Crippen LogP contribution in [0.4, 0.5) is 0 Å². The second-order valence-electron chi connectivity index (χ2n) is 4.83. The van der Waals surface area contributed by atoms with E-state index in [2.05, 4.69) is 6.58 Å². The quantitative estimate of drug-likeness (QED) is 0.532. The first kappa shape index (κ1) is 15.9. The Hall–Kier alpha value is -1.16. The van der Waals surface area contributed by atoms with Crippen LogP contribution in [-0.2, 0) is 11.3 Å². The second kappa shape index (κ2) is 8.86. The minimum atomic E-state index is -0.653. The molecule has 0 aliphatic rings. The van der Waals surface area contributed by atoms with Gasteiger partial charge in [-0.25, -0.2) is 0 Å². The standard InChI is InChI=1S/C16H24O3/c1-3-15(17)13(2)16(18)10-7-11-19-12-14-8-5-4-6-9-14/h3-6,8-9,13,15-18H,1,7,10-12H2,2H3/t13-,15-,16+/m0/s1. The molecule has 106 valence electrons. The number of benzene rings is 1. The molecule has 0 spiro atoms. The molecule has 0 fully saturated rings. The third-order valence-electron chi connectivity index (χ3n) is 3.29. The number of ether oxygens (including phenoxy) is 1. The first-order valence-electron chi connectivity index (χ1n) is 6.75. The maximum absolute atomic E-state index is 9.87. The molecule has 1 rings (SSSR count). The van der Waals surface area contributed by atoms with E-state index >= 15 is 0 Å². The van der Waals surface area contributed by atoms with Crippen LogP contribution < -0.4 is 0 Å². The Labute approximate surface area is 115 Å². The summed E-state index contributed by atoms with van der Waals surface area (Å²) in [4.78, 5) is 0. The molecular formula is C16H24O3. The molecule has 3 atom stereocenters. The van der Waals surface area contributed by atoms with Gasteiger partial charge in [-0.2, -0.15) is 0 Å². The van der Waals surface area contributed by atoms with Crippen molar-refractivity contribution in [2.24, 2.45) is 5.92 Å². The fourth-order valence-corrected chi connectivity index (χ4v) is 1.86. The Bertz CT molecular complexity index is 350. The Morgan fingerprint density at radius 1 is 1.26 bits per heavy atom. The fourth-order valence-electron chi connectivity index (χ4n) is 1.86. The summed E-state index contributed by atoms with van der Waals surface area (Å²) in [6.07, 6.45) is 1.69. The van der Waals surface area contributed by atoms with Crippen molar-refractivity contribution in [3.63, 3.8) is 0 Å². The highest BCUT2D eigenvalue weighted by Crippen LogP contribution is 2.14. The van der Waals surface area contributed by atoms with E-state index in [4.69, 9.17) is 4.74 Å². The van der Waals surface area contributed by atoms with Gasteiger partial charge in [-0.3, -0.25) is 0 Å². The van der Waals surface area contributed by atoms with E-state index < -0.39 is 12.2 Å². The zero-order valence-electron chi connectivity index (χ0n) is 11.5. The van der Waals surface area contributed by atoms with Crippen LogP contribution in [0.25, 0.3) is 0 Å². The number of aliphatic hydroxyl groups is 2. The third-order valence-corrected chi connectivity index (χ3v) is 3.29. The SMILES string of the molecule is C=C[C@H](O)[C@H](C)[C@H](O)CCCOCc1ccccc1. The minimum absolute atomic E-state index is 0.188. The maximum Gasteiger partial charge on any atom is 0.0768 e. The van der Waals surface area contributed by atoms with Crippen LogP contribution in [0, 0.1) is 5.92 Å². The molecule has 1 aromatic carbocycles. The predicted octanol–water partition coefficient (Wildman–Crippen LogP) is 2.53. The molecule has 3 nitrogen and oxygen atoms in total. The van der Waals surface area contributed by atoms with Crippen LogP contribution in [0.5, 0.6) is 0 Å². The minimum Gasteiger partial charge on any atom is -0.393 e. The molecule has 0 radical (unpaired) electrons. The Kier molecular flexibility index (Phi) is 7.41. The largest absolute Gasteiger partial charge is 0.393 e. The molecule has 19 heavy (non-hydrogen) atoms. The lowest BCUT2D eigenvalue weighted by Gasteiger charge is -2.21. The molecule has 0 unspecified atom stereocenters. The van der Waals surface area contributed by atoms with Crippen molar-refractivity contribution in [3.8, 4) is 0 Å². The van der Waals surface area contributed by atoms with Crippen LogP contribution in [0.3, 0.4) is 0 Å². The van der Waals surface area contributed by atoms with Crippen LogP contribution in [0.1, 0.15) is 25.3 Å². The van der Waals surface area contributed by atoms with E-state index in [1.54, 1.807) is 0 Å². The van der Waals surface area contributed by atoms with Crippen molar-refractivity contribution in [3.05, 3.63) is 48.6 Å². The number of rotatable bonds is 9. The van der Waals surface area contributed by atoms with Gasteiger partial charge in [-0.1, -0.05) is 43.3 Å². The molecule has 0 amide bonds. The lowest BCUT2D eigenvalue weighted by molar-refractivity contribution is 0.0303. The van der Waals surface area contributed by atoms with Gasteiger partial charge >= 0.3 is 0 Å². The zero-order valence-corrected chi connectivity index (χ0v) is 11.5. The van der Waals surface area contributed by atoms with Crippen molar-refractivity contribution in [2.75, 3.05) is 6.61 Å². The molecule has 2 N–H and O–H groups in total. The Morgan fingerprint density at radius 2 is 1.95 bits per heavy atom. The topological polar surface area (TPSA) is 49.7 Å². The highest BCUT2D eigenvalue weighted by molar-refractivity contribution is 5.13. The average molecular weight is 264 g/mol. The van der Waals surface area contributed by atoms with Gasteiger partial charge in [0.2, 0.25) is 0 Å². The van der Waals surface area contributed by atoms with Crippen molar-refractivity contribution in [2.45, 2.75) is 38.6 Å². The monoisotopic (exact) mass is 264 g/mol. The van der Waals surface area contributed by atoms with Crippen LogP contribution in [0.2, 0.25) is 0 Å². The summed E-state index contributed by atoms with van der Waals surface area (Å²) in [7, 11) is 0. The summed E-state index contributed by atoms with van der Waals surface area (Å²) in [5.41, 5.74) is 1.15. The predicted molar refractivity (Wildman–Crippen MR) is 76.7 cm³/mol. The normalized spacial score (nSPS) is 15.7. The highest BCUT2D eigenvalue weighted by atomic mass is 16.5. The van der Waals surface area contributed by atoms with Gasteiger partial charge in [0.15, 0.2) is 0 Å². The van der Waals surface area contributed by atoms with E-state index in [0.717, 1.165) is 12.0 Å². The van der Waals surface area contributed by atoms with Gasteiger partial charge in [-0.15, -0.1) is 6.58 Å². The number of hydrogen-bond acceptors (Lipinski definition) is 3. The molecule has 1 aromatic rings. The van der Waals surface area contributed by atoms with Crippen LogP contribution >= 0.6 is 0 Å². The molecule has 3 heteroatoms. The van der Waals surface area contributed by atoms with Crippen molar-refractivity contribution >= 4 is 0 Å². The molecule has 0 aliphatic heterocycles. The lowest BCUT2D eigenvalue weighted by Crippen LogP contribution is -2.28. The summed E-state index contributed by atoms with van der Waals surface area (Å²) in [5, 5.41) is 19.4. The molecule has 0 aliphatic carbocycles. The first-order valence-corrected chi connectivity index (χ1v) is 6.75. The van der Waals surface area contributed by atoms with Gasteiger partial charge in [0.05, 0.1) is 18.8 Å². The van der Waals surface area contributed by atoms with Crippen molar-refractivity contribution in [1.82, 2.24) is 0 Å². The molecule has 0 bridgehead atoms. The summed E-state index contributed by atoms with van der Waals surface area (Å²) in [5.74, 6) is -0.188. The Balaban J connectivity index is 2.12. The van der Waals surface area contributed by atoms with E-state index in [1.165, 1.54) is 6.08 Å². The van der Waals surface area contributed by atoms with E-state index in [9.17, 15) is 10.2 Å². The average Bonchev–Trinajstić information content (AvgIpc) is 2.46. The third kappa shape index (κ3) is 6.01. The van der Waals surface area contributed by atoms with Gasteiger partial charge < -0.3 is 14.9 Å². The van der Waals surface area contributed by atoms with Crippen LogP contribution in [0.15, 0.2) is 43.0 Å². The zero-order chi connectivity index (χ0) is 14.1. The van der Waals surface area contributed by atoms with E-state index in [-0.39, 0.29) is 5.92 Å². The molecular weight excluding hydrogens is 240 g/mol. The smallest absolute Gasteiger partial charge is 0.0768 e. The van der Waals surface area contributed by atoms with Crippen molar-refractivity contribution in [1.29, 1.82) is 0 Å². The maximum atomic E-state index is 9.87. The summed E-state index contributed by atoms with van der Waals surface area (Å²) in [6.45, 7) is 6.56. The van der Waals surface area contributed by atoms with E-state index in [1.807, 2.05) is 37.3 Å². The lowest BCUT2D eigenvalue weighted by atomic mass is 9.95. The van der Waals surface area contributed by atoms with Gasteiger partial charge in [0, 0.05) is 12.5 Å². The fraction of sp³-hybridized carbons (Fsp3) is 0.500. The van der Waals surface area contributed by atoms with Gasteiger partial charge in [-0.05, 0) is 18.4 Å². The van der Waals surface area contributed by atoms with Crippen LogP contribution in [-0.4, -0.2) is 29.0 Å². The highest BCUT2D eigenvalue weighted by Gasteiger charge is 2.19. The molecule has 0 heterocycles. The summed E-state index contributed by atoms with van der Waals surface area (Å²) >= 11 is 0. The molecule has 0 saturated heterocycles. The van der Waals surface area contributed by atoms with E-state index in [0.29, 0.717) is 19.6 Å². The molecule has 0 aromatic heterocycles. The number of hydrogen-bond donors (Lipinski definition) is 2.